The number of amides is 2. The van der Waals surface area contributed by atoms with Gasteiger partial charge in [-0.15, -0.1) is 11.3 Å². The van der Waals surface area contributed by atoms with Crippen LogP contribution < -0.4 is 15.8 Å². The number of likely N-dealkylation sites (tertiary alicyclic amines) is 1. The molecule has 3 N–H and O–H groups in total. The Balaban J connectivity index is 0.00000176. The SMILES string of the molecule is CC.CCOc1ccc(-c2csc(N[C@H](C(=O)N3CCC[C@H]3C(N)=O)C(C)(C)C)n2)cc1. The zero-order valence-corrected chi connectivity index (χ0v) is 20.8. The number of hydrogen-bond donors (Lipinski definition) is 2. The van der Waals surface area contributed by atoms with E-state index in [1.165, 1.54) is 11.3 Å². The summed E-state index contributed by atoms with van der Waals surface area (Å²) in [4.78, 5) is 31.4. The molecule has 0 saturated carbocycles. The number of ether oxygens (including phenoxy) is 1. The number of anilines is 1. The Bertz CT molecular complexity index is 889. The summed E-state index contributed by atoms with van der Waals surface area (Å²) < 4.78 is 5.49. The number of hydrogen-bond acceptors (Lipinski definition) is 6. The third-order valence-electron chi connectivity index (χ3n) is 5.21. The highest BCUT2D eigenvalue weighted by Gasteiger charge is 2.40. The first-order valence-corrected chi connectivity index (χ1v) is 12.1. The van der Waals surface area contributed by atoms with E-state index >= 15 is 0 Å². The molecule has 32 heavy (non-hydrogen) atoms. The molecule has 2 amide bonds. The number of nitrogens with one attached hydrogen (secondary N) is 1. The van der Waals surface area contributed by atoms with Crippen molar-refractivity contribution < 1.29 is 14.3 Å². The van der Waals surface area contributed by atoms with Crippen LogP contribution in [0.1, 0.15) is 54.4 Å². The lowest BCUT2D eigenvalue weighted by molar-refractivity contribution is -0.139. The molecule has 1 aromatic carbocycles. The van der Waals surface area contributed by atoms with Crippen LogP contribution in [0, 0.1) is 5.41 Å². The van der Waals surface area contributed by atoms with E-state index in [-0.39, 0.29) is 11.3 Å². The molecule has 2 heterocycles. The van der Waals surface area contributed by atoms with E-state index in [0.29, 0.717) is 24.7 Å². The lowest BCUT2D eigenvalue weighted by atomic mass is 9.85. The van der Waals surface area contributed by atoms with Crippen LogP contribution >= 0.6 is 11.3 Å². The van der Waals surface area contributed by atoms with E-state index in [0.717, 1.165) is 23.4 Å². The Morgan fingerprint density at radius 3 is 2.50 bits per heavy atom. The minimum absolute atomic E-state index is 0.110. The predicted molar refractivity (Wildman–Crippen MR) is 131 cm³/mol. The van der Waals surface area contributed by atoms with Crippen molar-refractivity contribution >= 4 is 28.3 Å². The molecule has 2 atom stereocenters. The number of carbonyl (C=O) groups is 2. The van der Waals surface area contributed by atoms with Gasteiger partial charge in [0.05, 0.1) is 12.3 Å². The molecule has 0 aliphatic carbocycles. The van der Waals surface area contributed by atoms with Crippen LogP contribution in [0.5, 0.6) is 5.75 Å². The van der Waals surface area contributed by atoms with Gasteiger partial charge in [-0.25, -0.2) is 4.98 Å². The summed E-state index contributed by atoms with van der Waals surface area (Å²) in [5.41, 5.74) is 6.96. The van der Waals surface area contributed by atoms with Crippen LogP contribution in [-0.2, 0) is 9.59 Å². The zero-order valence-electron chi connectivity index (χ0n) is 20.0. The fourth-order valence-corrected chi connectivity index (χ4v) is 4.37. The topological polar surface area (TPSA) is 97.5 Å². The van der Waals surface area contributed by atoms with E-state index < -0.39 is 18.0 Å². The number of carbonyl (C=O) groups excluding carboxylic acids is 2. The Morgan fingerprint density at radius 1 is 1.28 bits per heavy atom. The average molecular weight is 461 g/mol. The smallest absolute Gasteiger partial charge is 0.246 e. The molecule has 0 radical (unpaired) electrons. The van der Waals surface area contributed by atoms with Gasteiger partial charge in [-0.05, 0) is 49.4 Å². The normalized spacial score (nSPS) is 16.7. The van der Waals surface area contributed by atoms with Crippen molar-refractivity contribution in [2.45, 2.75) is 66.5 Å². The fourth-order valence-electron chi connectivity index (χ4n) is 3.63. The standard InChI is InChI=1S/C22H30N4O3S.C2H6/c1-5-29-15-10-8-14(9-11-15)16-13-30-21(24-16)25-18(22(2,3)4)20(28)26-12-6-7-17(26)19(23)27;1-2/h8-11,13,17-18H,5-7,12H2,1-4H3,(H2,23,27)(H,24,25);1-2H3/t17-,18+;/m0./s1. The first kappa shape index (κ1) is 25.6. The Kier molecular flexibility index (Phi) is 9.07. The highest BCUT2D eigenvalue weighted by molar-refractivity contribution is 7.14. The third kappa shape index (κ3) is 6.22. The number of aromatic nitrogens is 1. The summed E-state index contributed by atoms with van der Waals surface area (Å²) in [7, 11) is 0. The van der Waals surface area contributed by atoms with Gasteiger partial charge in [0.2, 0.25) is 11.8 Å². The van der Waals surface area contributed by atoms with Gasteiger partial charge in [-0.1, -0.05) is 34.6 Å². The molecule has 1 aromatic heterocycles. The molecule has 0 spiro atoms. The highest BCUT2D eigenvalue weighted by atomic mass is 32.1. The third-order valence-corrected chi connectivity index (χ3v) is 5.98. The number of rotatable bonds is 7. The maximum atomic E-state index is 13.3. The summed E-state index contributed by atoms with van der Waals surface area (Å²) in [6.45, 7) is 13.1. The van der Waals surface area contributed by atoms with Gasteiger partial charge < -0.3 is 20.7 Å². The minimum Gasteiger partial charge on any atom is -0.494 e. The predicted octanol–water partition coefficient (Wildman–Crippen LogP) is 4.54. The van der Waals surface area contributed by atoms with Crippen molar-refractivity contribution in [1.29, 1.82) is 0 Å². The van der Waals surface area contributed by atoms with Gasteiger partial charge in [-0.3, -0.25) is 9.59 Å². The van der Waals surface area contributed by atoms with E-state index in [1.54, 1.807) is 4.90 Å². The lowest BCUT2D eigenvalue weighted by Crippen LogP contribution is -2.53. The van der Waals surface area contributed by atoms with Crippen LogP contribution in [0.3, 0.4) is 0 Å². The molecule has 176 valence electrons. The van der Waals surface area contributed by atoms with E-state index in [9.17, 15) is 9.59 Å². The maximum absolute atomic E-state index is 13.3. The van der Waals surface area contributed by atoms with Crippen molar-refractivity contribution in [3.8, 4) is 17.0 Å². The van der Waals surface area contributed by atoms with E-state index in [4.69, 9.17) is 10.5 Å². The fraction of sp³-hybridized carbons (Fsp3) is 0.542. The second-order valence-electron chi connectivity index (χ2n) is 8.53. The molecule has 8 heteroatoms. The number of benzene rings is 1. The van der Waals surface area contributed by atoms with Crippen LogP contribution in [0.25, 0.3) is 11.3 Å². The average Bonchev–Trinajstić information content (AvgIpc) is 3.43. The van der Waals surface area contributed by atoms with Crippen molar-refractivity contribution in [3.05, 3.63) is 29.6 Å². The monoisotopic (exact) mass is 460 g/mol. The Morgan fingerprint density at radius 2 is 1.94 bits per heavy atom. The quantitative estimate of drug-likeness (QED) is 0.632. The molecule has 1 fully saturated rings. The van der Waals surface area contributed by atoms with Crippen LogP contribution in [0.2, 0.25) is 0 Å². The highest BCUT2D eigenvalue weighted by Crippen LogP contribution is 2.31. The van der Waals surface area contributed by atoms with Crippen molar-refractivity contribution in [2.24, 2.45) is 11.1 Å². The maximum Gasteiger partial charge on any atom is 0.246 e. The van der Waals surface area contributed by atoms with E-state index in [1.807, 2.05) is 71.2 Å². The summed E-state index contributed by atoms with van der Waals surface area (Å²) in [5.74, 6) is 0.269. The number of primary amides is 1. The summed E-state index contributed by atoms with van der Waals surface area (Å²) >= 11 is 1.45. The van der Waals surface area contributed by atoms with Crippen molar-refractivity contribution in [3.63, 3.8) is 0 Å². The van der Waals surface area contributed by atoms with Crippen LogP contribution in [-0.4, -0.2) is 46.9 Å². The van der Waals surface area contributed by atoms with Gasteiger partial charge in [0.1, 0.15) is 17.8 Å². The van der Waals surface area contributed by atoms with Gasteiger partial charge in [0.25, 0.3) is 0 Å². The molecule has 2 aromatic rings. The summed E-state index contributed by atoms with van der Waals surface area (Å²) in [6, 6.07) is 6.74. The lowest BCUT2D eigenvalue weighted by Gasteiger charge is -2.35. The van der Waals surface area contributed by atoms with Crippen LogP contribution in [0.15, 0.2) is 29.6 Å². The molecule has 0 bridgehead atoms. The second-order valence-corrected chi connectivity index (χ2v) is 9.39. The number of nitrogens with two attached hydrogens (primary N) is 1. The minimum atomic E-state index is -0.528. The van der Waals surface area contributed by atoms with Gasteiger partial charge in [0, 0.05) is 17.5 Å². The number of thiazole rings is 1. The van der Waals surface area contributed by atoms with Gasteiger partial charge in [0.15, 0.2) is 5.13 Å². The first-order valence-electron chi connectivity index (χ1n) is 11.3. The molecule has 1 aliphatic heterocycles. The molecular weight excluding hydrogens is 424 g/mol. The molecule has 3 rings (SSSR count). The van der Waals surface area contributed by atoms with Gasteiger partial charge >= 0.3 is 0 Å². The molecule has 0 unspecified atom stereocenters. The van der Waals surface area contributed by atoms with Crippen molar-refractivity contribution in [1.82, 2.24) is 9.88 Å². The largest absolute Gasteiger partial charge is 0.494 e. The molecule has 1 aliphatic rings. The van der Waals surface area contributed by atoms with Crippen molar-refractivity contribution in [2.75, 3.05) is 18.5 Å². The second kappa shape index (κ2) is 11.3. The summed E-state index contributed by atoms with van der Waals surface area (Å²) in [6.07, 6.45) is 1.41. The van der Waals surface area contributed by atoms with Gasteiger partial charge in [-0.2, -0.15) is 0 Å². The van der Waals surface area contributed by atoms with Crippen LogP contribution in [0.4, 0.5) is 5.13 Å². The molecule has 7 nitrogen and oxygen atoms in total. The zero-order chi connectivity index (χ0) is 23.9. The molecular formula is C24H36N4O3S. The van der Waals surface area contributed by atoms with E-state index in [2.05, 4.69) is 10.3 Å². The Labute approximate surface area is 195 Å². The molecule has 1 saturated heterocycles. The number of nitrogens with zero attached hydrogens (tertiary/aromatic N) is 2. The summed E-state index contributed by atoms with van der Waals surface area (Å²) in [5, 5.41) is 5.95. The first-order chi connectivity index (χ1) is 15.2. The Hall–Kier alpha value is -2.61.